The van der Waals surface area contributed by atoms with Crippen LogP contribution in [-0.2, 0) is 4.74 Å². The van der Waals surface area contributed by atoms with E-state index >= 15 is 0 Å². The molecule has 2 heterocycles. The predicted octanol–water partition coefficient (Wildman–Crippen LogP) is 1.62. The molecule has 2 aliphatic rings. The third-order valence-corrected chi connectivity index (χ3v) is 4.03. The van der Waals surface area contributed by atoms with Crippen LogP contribution < -0.4 is 20.5 Å². The monoisotopic (exact) mass is 292 g/mol. The van der Waals surface area contributed by atoms with E-state index in [1.807, 2.05) is 12.1 Å². The second-order valence-electron chi connectivity index (χ2n) is 5.59. The standard InChI is InChI=1S/C16H24N2O3/c17-10-14(18-11-13-3-1-6-19-13)12-4-5-15-16(9-12)21-8-2-7-20-15/h4-5,9,13-14,18H,1-3,6-8,10-11,17H2. The number of nitrogens with one attached hydrogen (secondary N) is 1. The van der Waals surface area contributed by atoms with Gasteiger partial charge < -0.3 is 25.3 Å². The van der Waals surface area contributed by atoms with Crippen LogP contribution in [0.3, 0.4) is 0 Å². The Morgan fingerprint density at radius 3 is 2.76 bits per heavy atom. The lowest BCUT2D eigenvalue weighted by atomic mass is 10.1. The van der Waals surface area contributed by atoms with Gasteiger partial charge in [0.2, 0.25) is 0 Å². The van der Waals surface area contributed by atoms with Gasteiger partial charge in [0.05, 0.1) is 19.3 Å². The Labute approximate surface area is 125 Å². The van der Waals surface area contributed by atoms with E-state index in [0.717, 1.165) is 49.5 Å². The number of rotatable bonds is 5. The molecule has 0 radical (unpaired) electrons. The van der Waals surface area contributed by atoms with E-state index in [-0.39, 0.29) is 6.04 Å². The van der Waals surface area contributed by atoms with Crippen molar-refractivity contribution in [3.8, 4) is 11.5 Å². The van der Waals surface area contributed by atoms with Crippen LogP contribution in [0.25, 0.3) is 0 Å². The van der Waals surface area contributed by atoms with Gasteiger partial charge in [-0.05, 0) is 30.5 Å². The van der Waals surface area contributed by atoms with Gasteiger partial charge in [-0.15, -0.1) is 0 Å². The highest BCUT2D eigenvalue weighted by Gasteiger charge is 2.19. The van der Waals surface area contributed by atoms with Gasteiger partial charge in [-0.3, -0.25) is 0 Å². The van der Waals surface area contributed by atoms with Crippen molar-refractivity contribution in [1.82, 2.24) is 5.32 Å². The maximum Gasteiger partial charge on any atom is 0.161 e. The molecule has 2 atom stereocenters. The van der Waals surface area contributed by atoms with Gasteiger partial charge >= 0.3 is 0 Å². The fraction of sp³-hybridized carbons (Fsp3) is 0.625. The van der Waals surface area contributed by atoms with Gasteiger partial charge in [-0.1, -0.05) is 6.07 Å². The summed E-state index contributed by atoms with van der Waals surface area (Å²) in [4.78, 5) is 0. The fourth-order valence-corrected chi connectivity index (χ4v) is 2.81. The number of benzene rings is 1. The molecule has 0 bridgehead atoms. The Morgan fingerprint density at radius 2 is 2.00 bits per heavy atom. The number of hydrogen-bond acceptors (Lipinski definition) is 5. The lowest BCUT2D eigenvalue weighted by molar-refractivity contribution is 0.107. The highest BCUT2D eigenvalue weighted by molar-refractivity contribution is 5.44. The molecule has 116 valence electrons. The Bertz CT molecular complexity index is 461. The molecule has 1 aromatic carbocycles. The molecule has 5 heteroatoms. The summed E-state index contributed by atoms with van der Waals surface area (Å²) in [6.07, 6.45) is 3.52. The quantitative estimate of drug-likeness (QED) is 0.863. The molecule has 2 aliphatic heterocycles. The molecular formula is C16H24N2O3. The second kappa shape index (κ2) is 7.11. The van der Waals surface area contributed by atoms with E-state index < -0.39 is 0 Å². The third-order valence-electron chi connectivity index (χ3n) is 4.03. The second-order valence-corrected chi connectivity index (χ2v) is 5.59. The lowest BCUT2D eigenvalue weighted by Crippen LogP contribution is -2.34. The molecule has 0 spiro atoms. The first-order valence-electron chi connectivity index (χ1n) is 7.81. The van der Waals surface area contributed by atoms with Crippen molar-refractivity contribution >= 4 is 0 Å². The molecule has 5 nitrogen and oxygen atoms in total. The average molecular weight is 292 g/mol. The van der Waals surface area contributed by atoms with Gasteiger partial charge in [-0.2, -0.15) is 0 Å². The fourth-order valence-electron chi connectivity index (χ4n) is 2.81. The maximum atomic E-state index is 5.92. The summed E-state index contributed by atoms with van der Waals surface area (Å²) in [5.41, 5.74) is 7.06. The molecule has 1 fully saturated rings. The molecule has 2 unspecified atom stereocenters. The molecule has 0 amide bonds. The SMILES string of the molecule is NCC(NCC1CCCO1)c1ccc2c(c1)OCCCO2. The first-order chi connectivity index (χ1) is 10.4. The molecule has 21 heavy (non-hydrogen) atoms. The topological polar surface area (TPSA) is 65.7 Å². The van der Waals surface area contributed by atoms with Crippen molar-refractivity contribution in [3.05, 3.63) is 23.8 Å². The van der Waals surface area contributed by atoms with Crippen molar-refractivity contribution in [2.45, 2.75) is 31.4 Å². The highest BCUT2D eigenvalue weighted by atomic mass is 16.5. The largest absolute Gasteiger partial charge is 0.490 e. The van der Waals surface area contributed by atoms with E-state index in [4.69, 9.17) is 19.9 Å². The Kier molecular flexibility index (Phi) is 4.95. The Hall–Kier alpha value is -1.30. The van der Waals surface area contributed by atoms with Crippen molar-refractivity contribution in [1.29, 1.82) is 0 Å². The third kappa shape index (κ3) is 3.67. The van der Waals surface area contributed by atoms with Gasteiger partial charge in [0.25, 0.3) is 0 Å². The molecule has 1 saturated heterocycles. The summed E-state index contributed by atoms with van der Waals surface area (Å²) in [5, 5.41) is 3.50. The van der Waals surface area contributed by atoms with Crippen molar-refractivity contribution in [3.63, 3.8) is 0 Å². The number of hydrogen-bond donors (Lipinski definition) is 2. The van der Waals surface area contributed by atoms with E-state index in [9.17, 15) is 0 Å². The van der Waals surface area contributed by atoms with E-state index in [1.165, 1.54) is 0 Å². The van der Waals surface area contributed by atoms with Crippen LogP contribution in [0.1, 0.15) is 30.9 Å². The minimum absolute atomic E-state index is 0.117. The average Bonchev–Trinajstić information content (AvgIpc) is 2.92. The summed E-state index contributed by atoms with van der Waals surface area (Å²) < 4.78 is 17.0. The van der Waals surface area contributed by atoms with Gasteiger partial charge in [0, 0.05) is 32.2 Å². The van der Waals surface area contributed by atoms with Crippen molar-refractivity contribution < 1.29 is 14.2 Å². The Morgan fingerprint density at radius 1 is 1.14 bits per heavy atom. The first-order valence-corrected chi connectivity index (χ1v) is 7.81. The molecular weight excluding hydrogens is 268 g/mol. The van der Waals surface area contributed by atoms with Crippen molar-refractivity contribution in [2.75, 3.05) is 32.9 Å². The summed E-state index contributed by atoms with van der Waals surface area (Å²) in [6, 6.07) is 6.20. The zero-order valence-electron chi connectivity index (χ0n) is 12.3. The number of nitrogens with two attached hydrogens (primary N) is 1. The zero-order valence-corrected chi connectivity index (χ0v) is 12.3. The molecule has 3 rings (SSSR count). The van der Waals surface area contributed by atoms with Gasteiger partial charge in [0.15, 0.2) is 11.5 Å². The summed E-state index contributed by atoms with van der Waals surface area (Å²) in [7, 11) is 0. The van der Waals surface area contributed by atoms with Crippen molar-refractivity contribution in [2.24, 2.45) is 5.73 Å². The highest BCUT2D eigenvalue weighted by Crippen LogP contribution is 2.32. The van der Waals surface area contributed by atoms with Gasteiger partial charge in [0.1, 0.15) is 0 Å². The minimum atomic E-state index is 0.117. The predicted molar refractivity (Wildman–Crippen MR) is 80.8 cm³/mol. The zero-order chi connectivity index (χ0) is 14.5. The van der Waals surface area contributed by atoms with E-state index in [1.54, 1.807) is 0 Å². The molecule has 0 aromatic heterocycles. The van der Waals surface area contributed by atoms with Crippen LogP contribution in [0.15, 0.2) is 18.2 Å². The first kappa shape index (κ1) is 14.6. The maximum absolute atomic E-state index is 5.92. The summed E-state index contributed by atoms with van der Waals surface area (Å²) >= 11 is 0. The molecule has 1 aromatic rings. The van der Waals surface area contributed by atoms with Crippen LogP contribution in [0.4, 0.5) is 0 Å². The van der Waals surface area contributed by atoms with Gasteiger partial charge in [-0.25, -0.2) is 0 Å². The molecule has 3 N–H and O–H groups in total. The van der Waals surface area contributed by atoms with E-state index in [0.29, 0.717) is 25.9 Å². The van der Waals surface area contributed by atoms with Crippen LogP contribution in [0, 0.1) is 0 Å². The normalized spacial score (nSPS) is 22.8. The van der Waals surface area contributed by atoms with E-state index in [2.05, 4.69) is 11.4 Å². The van der Waals surface area contributed by atoms with Crippen LogP contribution in [0.5, 0.6) is 11.5 Å². The molecule has 0 aliphatic carbocycles. The number of fused-ring (bicyclic) bond motifs is 1. The van der Waals surface area contributed by atoms with Crippen LogP contribution >= 0.6 is 0 Å². The summed E-state index contributed by atoms with van der Waals surface area (Å²) in [6.45, 7) is 3.68. The molecule has 0 saturated carbocycles. The summed E-state index contributed by atoms with van der Waals surface area (Å²) in [5.74, 6) is 1.65. The lowest BCUT2D eigenvalue weighted by Gasteiger charge is -2.20. The van der Waals surface area contributed by atoms with Crippen LogP contribution in [-0.4, -0.2) is 39.0 Å². The number of ether oxygens (including phenoxy) is 3. The van der Waals surface area contributed by atoms with Crippen LogP contribution in [0.2, 0.25) is 0 Å². The smallest absolute Gasteiger partial charge is 0.161 e. The minimum Gasteiger partial charge on any atom is -0.490 e. The Balaban J connectivity index is 1.66.